The number of hydrogen-bond acceptors (Lipinski definition) is 5. The molecule has 0 bridgehead atoms. The fraction of sp³-hybridized carbons (Fsp3) is 0.389. The van der Waals surface area contributed by atoms with Crippen molar-refractivity contribution in [3.8, 4) is 0 Å². The summed E-state index contributed by atoms with van der Waals surface area (Å²) in [6, 6.07) is 7.86. The molecule has 1 atom stereocenters. The van der Waals surface area contributed by atoms with Crippen molar-refractivity contribution in [3.63, 3.8) is 0 Å². The fourth-order valence-electron chi connectivity index (χ4n) is 2.66. The highest BCUT2D eigenvalue weighted by Crippen LogP contribution is 2.13. The number of benzene rings is 1. The Morgan fingerprint density at radius 3 is 2.88 bits per heavy atom. The Labute approximate surface area is 145 Å². The predicted molar refractivity (Wildman–Crippen MR) is 91.9 cm³/mol. The Morgan fingerprint density at radius 1 is 1.28 bits per heavy atom. The van der Waals surface area contributed by atoms with E-state index in [4.69, 9.17) is 4.74 Å². The van der Waals surface area contributed by atoms with Crippen LogP contribution in [0, 0.1) is 5.82 Å². The summed E-state index contributed by atoms with van der Waals surface area (Å²) >= 11 is 0. The number of amides is 1. The summed E-state index contributed by atoms with van der Waals surface area (Å²) in [5.41, 5.74) is 1.27. The normalized spacial score (nSPS) is 16.6. The quantitative estimate of drug-likeness (QED) is 0.805. The Bertz CT molecular complexity index is 702. The van der Waals surface area contributed by atoms with E-state index < -0.39 is 0 Å². The molecule has 132 valence electrons. The molecule has 25 heavy (non-hydrogen) atoms. The van der Waals surface area contributed by atoms with E-state index >= 15 is 0 Å². The Balaban J connectivity index is 1.47. The minimum atomic E-state index is -0.267. The van der Waals surface area contributed by atoms with Gasteiger partial charge in [0.1, 0.15) is 23.7 Å². The highest BCUT2D eigenvalue weighted by molar-refractivity contribution is 5.92. The summed E-state index contributed by atoms with van der Waals surface area (Å²) in [6.45, 7) is 1.92. The number of halogens is 1. The molecule has 0 aliphatic carbocycles. The number of anilines is 1. The third-order valence-corrected chi connectivity index (χ3v) is 4.05. The summed E-state index contributed by atoms with van der Waals surface area (Å²) in [5, 5.41) is 5.99. The van der Waals surface area contributed by atoms with Crippen LogP contribution in [0.1, 0.15) is 28.9 Å². The molecule has 1 unspecified atom stereocenters. The van der Waals surface area contributed by atoms with Gasteiger partial charge in [0.2, 0.25) is 0 Å². The molecule has 1 aromatic heterocycles. The second-order valence-corrected chi connectivity index (χ2v) is 5.94. The second kappa shape index (κ2) is 8.53. The van der Waals surface area contributed by atoms with Crippen molar-refractivity contribution in [3.05, 3.63) is 53.7 Å². The molecule has 1 amide bonds. The predicted octanol–water partition coefficient (Wildman–Crippen LogP) is 2.18. The van der Waals surface area contributed by atoms with Gasteiger partial charge in [-0.25, -0.2) is 14.4 Å². The zero-order chi connectivity index (χ0) is 17.5. The molecule has 1 aliphatic rings. The number of rotatable bonds is 7. The van der Waals surface area contributed by atoms with Crippen molar-refractivity contribution < 1.29 is 13.9 Å². The third kappa shape index (κ3) is 5.22. The van der Waals surface area contributed by atoms with E-state index in [0.717, 1.165) is 25.0 Å². The molecule has 6 nitrogen and oxygen atoms in total. The number of ether oxygens (including phenoxy) is 1. The molecule has 1 aromatic carbocycles. The molecule has 0 spiro atoms. The number of carbonyl (C=O) groups is 1. The lowest BCUT2D eigenvalue weighted by Crippen LogP contribution is -2.27. The molecule has 0 radical (unpaired) electrons. The van der Waals surface area contributed by atoms with Crippen molar-refractivity contribution in [1.82, 2.24) is 15.3 Å². The SMILES string of the molecule is O=C(NCCc1ccc(F)cc1)c1cc(NCC2CCCO2)ncn1. The number of aromatic nitrogens is 2. The van der Waals surface area contributed by atoms with Crippen LogP contribution in [0.25, 0.3) is 0 Å². The number of nitrogens with zero attached hydrogens (tertiary/aromatic N) is 2. The number of nitrogens with one attached hydrogen (secondary N) is 2. The maximum absolute atomic E-state index is 12.9. The number of carbonyl (C=O) groups excluding carboxylic acids is 1. The van der Waals surface area contributed by atoms with Gasteiger partial charge in [0, 0.05) is 25.8 Å². The van der Waals surface area contributed by atoms with Gasteiger partial charge in [-0.1, -0.05) is 12.1 Å². The van der Waals surface area contributed by atoms with Crippen LogP contribution in [0.3, 0.4) is 0 Å². The van der Waals surface area contributed by atoms with Crippen LogP contribution in [-0.4, -0.2) is 41.7 Å². The number of hydrogen-bond donors (Lipinski definition) is 2. The molecule has 1 fully saturated rings. The van der Waals surface area contributed by atoms with E-state index in [-0.39, 0.29) is 17.8 Å². The van der Waals surface area contributed by atoms with Gasteiger partial charge in [0.15, 0.2) is 0 Å². The average molecular weight is 344 g/mol. The second-order valence-electron chi connectivity index (χ2n) is 5.94. The van der Waals surface area contributed by atoms with Crippen LogP contribution in [0.2, 0.25) is 0 Å². The lowest BCUT2D eigenvalue weighted by Gasteiger charge is -2.11. The van der Waals surface area contributed by atoms with E-state index in [1.165, 1.54) is 18.5 Å². The summed E-state index contributed by atoms with van der Waals surface area (Å²) in [4.78, 5) is 20.3. The van der Waals surface area contributed by atoms with E-state index in [0.29, 0.717) is 31.0 Å². The molecule has 2 aromatic rings. The molecule has 7 heteroatoms. The van der Waals surface area contributed by atoms with Crippen molar-refractivity contribution in [2.75, 3.05) is 25.0 Å². The van der Waals surface area contributed by atoms with E-state index in [2.05, 4.69) is 20.6 Å². The van der Waals surface area contributed by atoms with Gasteiger partial charge in [0.05, 0.1) is 6.10 Å². The van der Waals surface area contributed by atoms with Crippen molar-refractivity contribution in [1.29, 1.82) is 0 Å². The van der Waals surface area contributed by atoms with Gasteiger partial charge in [-0.2, -0.15) is 0 Å². The largest absolute Gasteiger partial charge is 0.376 e. The van der Waals surface area contributed by atoms with Gasteiger partial charge in [-0.15, -0.1) is 0 Å². The van der Waals surface area contributed by atoms with E-state index in [9.17, 15) is 9.18 Å². The first-order chi connectivity index (χ1) is 12.2. The van der Waals surface area contributed by atoms with Crippen LogP contribution < -0.4 is 10.6 Å². The smallest absolute Gasteiger partial charge is 0.270 e. The van der Waals surface area contributed by atoms with Crippen molar-refractivity contribution in [2.45, 2.75) is 25.4 Å². The Kier molecular flexibility index (Phi) is 5.90. The molecule has 1 saturated heterocycles. The van der Waals surface area contributed by atoms with Crippen LogP contribution in [0.5, 0.6) is 0 Å². The molecule has 3 rings (SSSR count). The molecule has 0 saturated carbocycles. The first-order valence-electron chi connectivity index (χ1n) is 8.41. The highest BCUT2D eigenvalue weighted by atomic mass is 19.1. The van der Waals surface area contributed by atoms with Gasteiger partial charge in [-0.05, 0) is 37.0 Å². The van der Waals surface area contributed by atoms with E-state index in [1.807, 2.05) is 0 Å². The monoisotopic (exact) mass is 344 g/mol. The van der Waals surface area contributed by atoms with Gasteiger partial charge >= 0.3 is 0 Å². The van der Waals surface area contributed by atoms with Crippen molar-refractivity contribution in [2.24, 2.45) is 0 Å². The highest BCUT2D eigenvalue weighted by Gasteiger charge is 2.15. The molecular weight excluding hydrogens is 323 g/mol. The van der Waals surface area contributed by atoms with Crippen molar-refractivity contribution >= 4 is 11.7 Å². The van der Waals surface area contributed by atoms with Gasteiger partial charge < -0.3 is 15.4 Å². The third-order valence-electron chi connectivity index (χ3n) is 4.05. The first kappa shape index (κ1) is 17.3. The maximum atomic E-state index is 12.9. The topological polar surface area (TPSA) is 76.1 Å². The first-order valence-corrected chi connectivity index (χ1v) is 8.41. The molecule has 2 heterocycles. The minimum Gasteiger partial charge on any atom is -0.376 e. The van der Waals surface area contributed by atoms with Crippen LogP contribution in [-0.2, 0) is 11.2 Å². The van der Waals surface area contributed by atoms with Gasteiger partial charge in [-0.3, -0.25) is 4.79 Å². The molecule has 2 N–H and O–H groups in total. The zero-order valence-corrected chi connectivity index (χ0v) is 13.9. The van der Waals surface area contributed by atoms with E-state index in [1.54, 1.807) is 18.2 Å². The average Bonchev–Trinajstić information content (AvgIpc) is 3.15. The fourth-order valence-corrected chi connectivity index (χ4v) is 2.66. The summed E-state index contributed by atoms with van der Waals surface area (Å²) in [7, 11) is 0. The maximum Gasteiger partial charge on any atom is 0.270 e. The summed E-state index contributed by atoms with van der Waals surface area (Å²) in [5.74, 6) is 0.0793. The standard InChI is InChI=1S/C18H21FN4O2/c19-14-5-3-13(4-6-14)7-8-20-18(24)16-10-17(23-12-22-16)21-11-15-2-1-9-25-15/h3-6,10,12,15H,1-2,7-9,11H2,(H,20,24)(H,21,22,23). The van der Waals surface area contributed by atoms with Crippen LogP contribution >= 0.6 is 0 Å². The Hall–Kier alpha value is -2.54. The van der Waals surface area contributed by atoms with Crippen LogP contribution in [0.15, 0.2) is 36.7 Å². The molecule has 1 aliphatic heterocycles. The zero-order valence-electron chi connectivity index (χ0n) is 13.9. The lowest BCUT2D eigenvalue weighted by molar-refractivity contribution is 0.0949. The molecular formula is C18H21FN4O2. The minimum absolute atomic E-state index is 0.197. The summed E-state index contributed by atoms with van der Waals surface area (Å²) < 4.78 is 18.4. The Morgan fingerprint density at radius 2 is 2.12 bits per heavy atom. The van der Waals surface area contributed by atoms with Crippen LogP contribution in [0.4, 0.5) is 10.2 Å². The summed E-state index contributed by atoms with van der Waals surface area (Å²) in [6.07, 6.45) is 4.31. The van der Waals surface area contributed by atoms with Gasteiger partial charge in [0.25, 0.3) is 5.91 Å². The lowest BCUT2D eigenvalue weighted by atomic mass is 10.1.